The summed E-state index contributed by atoms with van der Waals surface area (Å²) in [7, 11) is 0. The number of alkyl halides is 2. The third-order valence-electron chi connectivity index (χ3n) is 1.68. The van der Waals surface area contributed by atoms with Crippen LogP contribution in [0.3, 0.4) is 0 Å². The topological polar surface area (TPSA) is 24.7 Å². The zero-order chi connectivity index (χ0) is 10.7. The Balaban J connectivity index is 3.48. The highest BCUT2D eigenvalue weighted by Gasteiger charge is 2.13. The minimum atomic E-state index is 0.0316. The van der Waals surface area contributed by atoms with Gasteiger partial charge in [-0.15, -0.1) is 0 Å². The summed E-state index contributed by atoms with van der Waals surface area (Å²) in [4.78, 5) is 7.86. The summed E-state index contributed by atoms with van der Waals surface area (Å²) in [6.45, 7) is 7.03. The fourth-order valence-corrected chi connectivity index (χ4v) is 2.25. The lowest BCUT2D eigenvalue weighted by Crippen LogP contribution is -1.83. The van der Waals surface area contributed by atoms with Crippen LogP contribution in [0, 0.1) is 0 Å². The average molecular weight is 383 g/mol. The largest absolute Gasteiger partial charge is 0.262 e. The van der Waals surface area contributed by atoms with E-state index in [0.717, 1.165) is 15.7 Å². The lowest BCUT2D eigenvalue weighted by molar-refractivity contribution is 1.34. The van der Waals surface area contributed by atoms with Crippen LogP contribution in [0.2, 0.25) is 0 Å². The monoisotopic (exact) mass is 380 g/mol. The summed E-state index contributed by atoms with van der Waals surface area (Å²) in [6.07, 6.45) is 0. The van der Waals surface area contributed by atoms with Crippen molar-refractivity contribution in [2.24, 2.45) is 9.98 Å². The van der Waals surface area contributed by atoms with Gasteiger partial charge in [-0.2, -0.15) is 0 Å². The van der Waals surface area contributed by atoms with Gasteiger partial charge in [0.15, 0.2) is 0 Å². The molecule has 1 aromatic carbocycles. The van der Waals surface area contributed by atoms with Crippen molar-refractivity contribution in [2.75, 3.05) is 0 Å². The van der Waals surface area contributed by atoms with Crippen LogP contribution >= 0.6 is 47.8 Å². The van der Waals surface area contributed by atoms with Crippen molar-refractivity contribution in [1.29, 1.82) is 0 Å². The Hall–Kier alpha value is -0.000000000000000167. The Labute approximate surface area is 108 Å². The number of hydrogen-bond donors (Lipinski definition) is 0. The van der Waals surface area contributed by atoms with E-state index < -0.39 is 0 Å². The highest BCUT2D eigenvalue weighted by Crippen LogP contribution is 2.44. The van der Waals surface area contributed by atoms with Gasteiger partial charge in [0.25, 0.3) is 0 Å². The van der Waals surface area contributed by atoms with Gasteiger partial charge < -0.3 is 0 Å². The first-order valence-corrected chi connectivity index (χ1v) is 6.28. The third-order valence-corrected chi connectivity index (χ3v) is 3.31. The van der Waals surface area contributed by atoms with Crippen molar-refractivity contribution in [3.63, 3.8) is 0 Å². The molecule has 74 valence electrons. The maximum Gasteiger partial charge on any atom is 0.102 e. The normalized spacial score (nSPS) is 10.3. The Kier molecular flexibility index (Phi) is 4.47. The molecule has 14 heavy (non-hydrogen) atoms. The summed E-state index contributed by atoms with van der Waals surface area (Å²) >= 11 is 10.2. The van der Waals surface area contributed by atoms with Crippen molar-refractivity contribution in [3.8, 4) is 0 Å². The molecule has 0 saturated carbocycles. The number of aliphatic imine (C=N–C) groups is 2. The van der Waals surface area contributed by atoms with E-state index in [-0.39, 0.29) is 3.74 Å². The van der Waals surface area contributed by atoms with E-state index in [0.29, 0.717) is 5.69 Å². The number of halogens is 3. The van der Waals surface area contributed by atoms with Crippen LogP contribution in [0.5, 0.6) is 0 Å². The van der Waals surface area contributed by atoms with Gasteiger partial charge in [0.1, 0.15) is 5.69 Å². The maximum absolute atomic E-state index is 3.95. The zero-order valence-corrected chi connectivity index (χ0v) is 11.9. The van der Waals surface area contributed by atoms with Gasteiger partial charge in [0.05, 0.1) is 9.42 Å². The second kappa shape index (κ2) is 5.19. The fraction of sp³-hybridized carbons (Fsp3) is 0.111. The van der Waals surface area contributed by atoms with Crippen LogP contribution in [0.25, 0.3) is 0 Å². The average Bonchev–Trinajstić information content (AvgIpc) is 2.16. The van der Waals surface area contributed by atoms with Gasteiger partial charge in [0.2, 0.25) is 0 Å². The summed E-state index contributed by atoms with van der Waals surface area (Å²) in [6, 6.07) is 3.85. The molecule has 0 atom stereocenters. The molecule has 0 aliphatic heterocycles. The van der Waals surface area contributed by atoms with Gasteiger partial charge in [-0.05, 0) is 35.4 Å². The SMILES string of the molecule is C=Nc1c(Br)ccc(C(Br)Br)c1N=C. The Morgan fingerprint density at radius 1 is 1.07 bits per heavy atom. The lowest BCUT2D eigenvalue weighted by Gasteiger charge is -2.10. The van der Waals surface area contributed by atoms with Crippen LogP contribution in [0.1, 0.15) is 9.30 Å². The highest BCUT2D eigenvalue weighted by atomic mass is 79.9. The predicted molar refractivity (Wildman–Crippen MR) is 73.2 cm³/mol. The van der Waals surface area contributed by atoms with Crippen LogP contribution < -0.4 is 0 Å². The van der Waals surface area contributed by atoms with Gasteiger partial charge in [-0.1, -0.05) is 37.9 Å². The van der Waals surface area contributed by atoms with E-state index in [1.165, 1.54) is 0 Å². The van der Waals surface area contributed by atoms with Gasteiger partial charge >= 0.3 is 0 Å². The highest BCUT2D eigenvalue weighted by molar-refractivity contribution is 9.24. The van der Waals surface area contributed by atoms with E-state index >= 15 is 0 Å². The molecule has 0 aliphatic carbocycles. The van der Waals surface area contributed by atoms with E-state index in [9.17, 15) is 0 Å². The Morgan fingerprint density at radius 3 is 2.07 bits per heavy atom. The molecule has 0 N–H and O–H groups in total. The van der Waals surface area contributed by atoms with Gasteiger partial charge in [-0.3, -0.25) is 9.98 Å². The number of nitrogens with zero attached hydrogens (tertiary/aromatic N) is 2. The van der Waals surface area contributed by atoms with Crippen molar-refractivity contribution in [3.05, 3.63) is 22.2 Å². The molecule has 5 heteroatoms. The van der Waals surface area contributed by atoms with Crippen LogP contribution in [0.4, 0.5) is 11.4 Å². The maximum atomic E-state index is 3.95. The molecule has 0 spiro atoms. The molecule has 0 fully saturated rings. The molecule has 0 aliphatic rings. The molecule has 0 amide bonds. The smallest absolute Gasteiger partial charge is 0.102 e. The predicted octanol–water partition coefficient (Wildman–Crippen LogP) is 4.90. The molecular weight excluding hydrogens is 376 g/mol. The molecule has 1 aromatic rings. The summed E-state index contributed by atoms with van der Waals surface area (Å²) in [5, 5.41) is 0. The number of hydrogen-bond acceptors (Lipinski definition) is 2. The summed E-state index contributed by atoms with van der Waals surface area (Å²) < 4.78 is 0.892. The van der Waals surface area contributed by atoms with Crippen LogP contribution in [-0.2, 0) is 0 Å². The molecular formula is C9H7Br3N2. The Bertz CT molecular complexity index is 375. The molecule has 2 nitrogen and oxygen atoms in total. The molecule has 0 bridgehead atoms. The molecule has 0 unspecified atom stereocenters. The van der Waals surface area contributed by atoms with Crippen LogP contribution in [0.15, 0.2) is 26.6 Å². The second-order valence-electron chi connectivity index (χ2n) is 2.45. The van der Waals surface area contributed by atoms with E-state index in [1.54, 1.807) is 0 Å². The van der Waals surface area contributed by atoms with Crippen LogP contribution in [-0.4, -0.2) is 13.4 Å². The van der Waals surface area contributed by atoms with Crippen molar-refractivity contribution in [2.45, 2.75) is 3.74 Å². The number of rotatable bonds is 3. The van der Waals surface area contributed by atoms with E-state index in [4.69, 9.17) is 0 Å². The summed E-state index contributed by atoms with van der Waals surface area (Å²) in [5.74, 6) is 0. The molecule has 0 saturated heterocycles. The van der Waals surface area contributed by atoms with Crippen molar-refractivity contribution < 1.29 is 0 Å². The first-order valence-electron chi connectivity index (χ1n) is 3.65. The summed E-state index contributed by atoms with van der Waals surface area (Å²) in [5.41, 5.74) is 2.42. The van der Waals surface area contributed by atoms with Crippen molar-refractivity contribution in [1.82, 2.24) is 0 Å². The van der Waals surface area contributed by atoms with E-state index in [1.807, 2.05) is 12.1 Å². The minimum absolute atomic E-state index is 0.0316. The van der Waals surface area contributed by atoms with Crippen molar-refractivity contribution >= 4 is 72.6 Å². The van der Waals surface area contributed by atoms with E-state index in [2.05, 4.69) is 71.2 Å². The molecule has 0 heterocycles. The number of benzene rings is 1. The van der Waals surface area contributed by atoms with Gasteiger partial charge in [0, 0.05) is 10.0 Å². The van der Waals surface area contributed by atoms with Gasteiger partial charge in [-0.25, -0.2) is 0 Å². The Morgan fingerprint density at radius 2 is 1.64 bits per heavy atom. The lowest BCUT2D eigenvalue weighted by atomic mass is 10.2. The molecule has 0 aromatic heterocycles. The molecule has 0 radical (unpaired) electrons. The quantitative estimate of drug-likeness (QED) is 0.524. The second-order valence-corrected chi connectivity index (χ2v) is 6.37. The fourth-order valence-electron chi connectivity index (χ4n) is 1.06. The first kappa shape index (κ1) is 12.1. The standard InChI is InChI=1S/C9H7Br3N2/c1-13-7-5(9(11)12)3-4-6(10)8(7)14-2/h3-4,9H,1-2H2. The minimum Gasteiger partial charge on any atom is -0.262 e. The first-order chi connectivity index (χ1) is 6.61. The zero-order valence-electron chi connectivity index (χ0n) is 7.17. The molecule has 1 rings (SSSR count). The third kappa shape index (κ3) is 2.32.